The maximum atomic E-state index is 12.6. The quantitative estimate of drug-likeness (QED) is 0.879. The summed E-state index contributed by atoms with van der Waals surface area (Å²) in [6.45, 7) is 2.67. The van der Waals surface area contributed by atoms with Gasteiger partial charge in [-0.15, -0.1) is 11.3 Å². The number of benzene rings is 1. The summed E-state index contributed by atoms with van der Waals surface area (Å²) < 4.78 is 26.8. The van der Waals surface area contributed by atoms with Gasteiger partial charge in [0.15, 0.2) is 4.21 Å². The van der Waals surface area contributed by atoms with E-state index >= 15 is 0 Å². The van der Waals surface area contributed by atoms with Gasteiger partial charge in [-0.25, -0.2) is 13.4 Å². The second kappa shape index (κ2) is 6.45. The van der Waals surface area contributed by atoms with E-state index in [1.165, 1.54) is 21.8 Å². The maximum absolute atomic E-state index is 12.6. The van der Waals surface area contributed by atoms with E-state index in [2.05, 4.69) is 4.98 Å². The topological polar surface area (TPSA) is 76.3 Å². The highest BCUT2D eigenvalue weighted by Gasteiger charge is 2.26. The molecule has 1 heterocycles. The van der Waals surface area contributed by atoms with Gasteiger partial charge < -0.3 is 5.73 Å². The zero-order valence-corrected chi connectivity index (χ0v) is 12.8. The molecule has 0 unspecified atom stereocenters. The summed E-state index contributed by atoms with van der Waals surface area (Å²) in [6, 6.07) is 9.48. The highest BCUT2D eigenvalue weighted by Crippen LogP contribution is 2.23. The van der Waals surface area contributed by atoms with Crippen molar-refractivity contribution >= 4 is 21.4 Å². The van der Waals surface area contributed by atoms with Crippen molar-refractivity contribution in [3.8, 4) is 0 Å². The summed E-state index contributed by atoms with van der Waals surface area (Å²) >= 11 is 1.18. The fourth-order valence-electron chi connectivity index (χ4n) is 1.80. The van der Waals surface area contributed by atoms with Crippen LogP contribution in [0.4, 0.5) is 0 Å². The fourth-order valence-corrected chi connectivity index (χ4v) is 4.51. The molecule has 0 aliphatic heterocycles. The average molecular weight is 311 g/mol. The van der Waals surface area contributed by atoms with Crippen LogP contribution in [0.2, 0.25) is 0 Å². The van der Waals surface area contributed by atoms with Crippen molar-refractivity contribution < 1.29 is 8.42 Å². The predicted octanol–water partition coefficient (Wildman–Crippen LogP) is 1.60. The number of hydrogen-bond acceptors (Lipinski definition) is 5. The predicted molar refractivity (Wildman–Crippen MR) is 79.9 cm³/mol. The van der Waals surface area contributed by atoms with Crippen LogP contribution in [0.3, 0.4) is 0 Å². The van der Waals surface area contributed by atoms with Crippen molar-refractivity contribution in [2.45, 2.75) is 17.7 Å². The molecular formula is C13H17N3O2S2. The van der Waals surface area contributed by atoms with E-state index in [4.69, 9.17) is 5.73 Å². The molecule has 0 atom stereocenters. The van der Waals surface area contributed by atoms with Gasteiger partial charge in [-0.05, 0) is 12.5 Å². The maximum Gasteiger partial charge on any atom is 0.254 e. The van der Waals surface area contributed by atoms with Crippen molar-refractivity contribution in [2.75, 3.05) is 13.1 Å². The lowest BCUT2D eigenvalue weighted by Crippen LogP contribution is -2.34. The van der Waals surface area contributed by atoms with Crippen LogP contribution in [0, 0.1) is 6.92 Å². The Kier molecular flexibility index (Phi) is 4.87. The zero-order valence-electron chi connectivity index (χ0n) is 11.2. The Morgan fingerprint density at radius 1 is 1.30 bits per heavy atom. The Balaban J connectivity index is 2.28. The summed E-state index contributed by atoms with van der Waals surface area (Å²) in [5.41, 5.74) is 6.48. The van der Waals surface area contributed by atoms with Crippen LogP contribution in [-0.4, -0.2) is 30.8 Å². The fraction of sp³-hybridized carbons (Fsp3) is 0.308. The molecule has 0 saturated heterocycles. The van der Waals surface area contributed by atoms with Gasteiger partial charge in [-0.1, -0.05) is 30.3 Å². The average Bonchev–Trinajstić information content (AvgIpc) is 2.87. The lowest BCUT2D eigenvalue weighted by atomic mass is 10.2. The molecule has 2 N–H and O–H groups in total. The molecule has 0 fully saturated rings. The molecule has 0 amide bonds. The first kappa shape index (κ1) is 15.1. The summed E-state index contributed by atoms with van der Waals surface area (Å²) in [4.78, 5) is 4.01. The molecule has 1 aromatic heterocycles. The normalized spacial score (nSPS) is 11.9. The molecule has 0 aliphatic carbocycles. The summed E-state index contributed by atoms with van der Waals surface area (Å²) in [5.74, 6) is 0. The van der Waals surface area contributed by atoms with E-state index in [1.54, 1.807) is 6.92 Å². The summed E-state index contributed by atoms with van der Waals surface area (Å²) in [5, 5.41) is 0.732. The van der Waals surface area contributed by atoms with E-state index < -0.39 is 10.0 Å². The van der Waals surface area contributed by atoms with E-state index in [0.29, 0.717) is 6.54 Å². The molecule has 2 rings (SSSR count). The van der Waals surface area contributed by atoms with Crippen LogP contribution < -0.4 is 5.73 Å². The van der Waals surface area contributed by atoms with Crippen molar-refractivity contribution in [3.63, 3.8) is 0 Å². The van der Waals surface area contributed by atoms with E-state index in [-0.39, 0.29) is 17.3 Å². The van der Waals surface area contributed by atoms with Crippen LogP contribution in [0.1, 0.15) is 10.6 Å². The molecule has 5 nitrogen and oxygen atoms in total. The van der Waals surface area contributed by atoms with Crippen molar-refractivity contribution in [3.05, 3.63) is 47.1 Å². The number of rotatable bonds is 6. The molecule has 0 aliphatic rings. The van der Waals surface area contributed by atoms with Gasteiger partial charge in [0.1, 0.15) is 0 Å². The molecule has 7 heteroatoms. The number of sulfonamides is 1. The monoisotopic (exact) mass is 311 g/mol. The molecule has 2 aromatic rings. The highest BCUT2D eigenvalue weighted by molar-refractivity contribution is 7.91. The first-order chi connectivity index (χ1) is 9.54. The second-order valence-corrected chi connectivity index (χ2v) is 7.71. The van der Waals surface area contributed by atoms with Crippen molar-refractivity contribution in [1.82, 2.24) is 9.29 Å². The molecular weight excluding hydrogens is 294 g/mol. The molecule has 20 heavy (non-hydrogen) atoms. The molecule has 0 spiro atoms. The van der Waals surface area contributed by atoms with Crippen molar-refractivity contribution in [1.29, 1.82) is 0 Å². The number of thiazole rings is 1. The second-order valence-electron chi connectivity index (χ2n) is 4.31. The van der Waals surface area contributed by atoms with Gasteiger partial charge in [0.25, 0.3) is 10.0 Å². The van der Waals surface area contributed by atoms with Gasteiger partial charge in [0.2, 0.25) is 0 Å². The Morgan fingerprint density at radius 2 is 2.00 bits per heavy atom. The first-order valence-corrected chi connectivity index (χ1v) is 8.46. The van der Waals surface area contributed by atoms with Gasteiger partial charge >= 0.3 is 0 Å². The van der Waals surface area contributed by atoms with Gasteiger partial charge in [0.05, 0.1) is 11.2 Å². The zero-order chi connectivity index (χ0) is 14.6. The van der Waals surface area contributed by atoms with Crippen LogP contribution in [0.15, 0.2) is 40.7 Å². The minimum Gasteiger partial charge on any atom is -0.329 e. The van der Waals surface area contributed by atoms with Crippen LogP contribution >= 0.6 is 11.3 Å². The largest absolute Gasteiger partial charge is 0.329 e. The summed E-state index contributed by atoms with van der Waals surface area (Å²) in [7, 11) is -3.53. The number of nitrogens with zero attached hydrogens (tertiary/aromatic N) is 2. The SMILES string of the molecule is Cc1ncc(S(=O)(=O)N(CCN)Cc2ccccc2)s1. The lowest BCUT2D eigenvalue weighted by Gasteiger charge is -2.20. The van der Waals surface area contributed by atoms with Gasteiger partial charge in [-0.3, -0.25) is 0 Å². The number of hydrogen-bond donors (Lipinski definition) is 1. The smallest absolute Gasteiger partial charge is 0.254 e. The van der Waals surface area contributed by atoms with E-state index in [1.807, 2.05) is 30.3 Å². The third kappa shape index (κ3) is 3.43. The Hall–Kier alpha value is -1.28. The van der Waals surface area contributed by atoms with Crippen LogP contribution in [0.5, 0.6) is 0 Å². The molecule has 108 valence electrons. The van der Waals surface area contributed by atoms with Crippen LogP contribution in [-0.2, 0) is 16.6 Å². The standard InChI is InChI=1S/C13H17N3O2S2/c1-11-15-9-13(19-11)20(17,18)16(8-7-14)10-12-5-3-2-4-6-12/h2-6,9H,7-8,10,14H2,1H3. The highest BCUT2D eigenvalue weighted by atomic mass is 32.2. The molecule has 0 bridgehead atoms. The Labute approximate surface area is 123 Å². The van der Waals surface area contributed by atoms with E-state index in [0.717, 1.165) is 10.6 Å². The third-order valence-electron chi connectivity index (χ3n) is 2.77. The Morgan fingerprint density at radius 3 is 2.55 bits per heavy atom. The van der Waals surface area contributed by atoms with Crippen molar-refractivity contribution in [2.24, 2.45) is 5.73 Å². The summed E-state index contributed by atoms with van der Waals surface area (Å²) in [6.07, 6.45) is 1.41. The van der Waals surface area contributed by atoms with E-state index in [9.17, 15) is 8.42 Å². The molecule has 0 saturated carbocycles. The lowest BCUT2D eigenvalue weighted by molar-refractivity contribution is 0.415. The number of aryl methyl sites for hydroxylation is 1. The third-order valence-corrected chi connectivity index (χ3v) is 5.97. The Bertz CT molecular complexity index is 653. The minimum atomic E-state index is -3.53. The van der Waals surface area contributed by atoms with Crippen LogP contribution in [0.25, 0.3) is 0 Å². The molecule has 1 aromatic carbocycles. The minimum absolute atomic E-state index is 0.263. The number of nitrogens with two attached hydrogens (primary N) is 1. The molecule has 0 radical (unpaired) electrons. The van der Waals surface area contributed by atoms with Gasteiger partial charge in [0, 0.05) is 19.6 Å². The first-order valence-electron chi connectivity index (χ1n) is 6.20. The number of aromatic nitrogens is 1. The van der Waals surface area contributed by atoms with Gasteiger partial charge in [-0.2, -0.15) is 4.31 Å².